The Morgan fingerprint density at radius 1 is 1.53 bits per heavy atom. The Hall–Kier alpha value is -2.15. The van der Waals surface area contributed by atoms with E-state index in [0.717, 1.165) is 6.07 Å². The Balaban J connectivity index is 2.06. The fraction of sp³-hybridized carbons (Fsp3) is 0.182. The van der Waals surface area contributed by atoms with E-state index >= 15 is 0 Å². The molecule has 1 heterocycles. The van der Waals surface area contributed by atoms with Gasteiger partial charge in [0, 0.05) is 6.42 Å². The monoisotopic (exact) mass is 286 g/mol. The highest BCUT2D eigenvalue weighted by molar-refractivity contribution is 6.36. The number of anilines is 1. The number of nitrogens with zero attached hydrogens (tertiary/aromatic N) is 1. The van der Waals surface area contributed by atoms with Crippen molar-refractivity contribution in [2.45, 2.75) is 12.5 Å². The van der Waals surface area contributed by atoms with Crippen LogP contribution in [0.4, 0.5) is 10.1 Å². The van der Waals surface area contributed by atoms with Crippen molar-refractivity contribution >= 4 is 34.9 Å². The number of aliphatic carboxylic acids is 1. The molecule has 100 valence electrons. The van der Waals surface area contributed by atoms with Gasteiger partial charge in [-0.25, -0.2) is 9.18 Å². The van der Waals surface area contributed by atoms with Crippen LogP contribution in [0.3, 0.4) is 0 Å². The third-order valence-corrected chi connectivity index (χ3v) is 2.73. The molecule has 0 radical (unpaired) electrons. The van der Waals surface area contributed by atoms with Gasteiger partial charge < -0.3 is 15.3 Å². The van der Waals surface area contributed by atoms with Crippen molar-refractivity contribution in [3.8, 4) is 0 Å². The number of benzene rings is 1. The smallest absolute Gasteiger partial charge is 0.353 e. The summed E-state index contributed by atoms with van der Waals surface area (Å²) >= 11 is 5.74. The number of para-hydroxylation sites is 1. The van der Waals surface area contributed by atoms with Gasteiger partial charge in [0.15, 0.2) is 5.71 Å². The van der Waals surface area contributed by atoms with E-state index in [-0.39, 0.29) is 22.8 Å². The minimum Gasteiger partial charge on any atom is -0.477 e. The molecule has 19 heavy (non-hydrogen) atoms. The lowest BCUT2D eigenvalue weighted by atomic mass is 10.1. The summed E-state index contributed by atoms with van der Waals surface area (Å²) in [6.07, 6.45) is -1.30. The van der Waals surface area contributed by atoms with Crippen molar-refractivity contribution < 1.29 is 23.9 Å². The SMILES string of the molecule is O=C(O)C1=NOC(C(=O)Nc2c(F)cccc2Cl)C1. The summed E-state index contributed by atoms with van der Waals surface area (Å²) in [5.74, 6) is -2.68. The Morgan fingerprint density at radius 2 is 2.26 bits per heavy atom. The summed E-state index contributed by atoms with van der Waals surface area (Å²) in [5, 5.41) is 14.2. The van der Waals surface area contributed by atoms with E-state index in [1.165, 1.54) is 12.1 Å². The van der Waals surface area contributed by atoms with Crippen LogP contribution in [-0.4, -0.2) is 28.8 Å². The maximum absolute atomic E-state index is 13.4. The lowest BCUT2D eigenvalue weighted by Crippen LogP contribution is -2.29. The van der Waals surface area contributed by atoms with Crippen LogP contribution in [0.15, 0.2) is 23.4 Å². The van der Waals surface area contributed by atoms with Crippen LogP contribution in [0.5, 0.6) is 0 Å². The summed E-state index contributed by atoms with van der Waals surface area (Å²) in [5.41, 5.74) is -0.443. The summed E-state index contributed by atoms with van der Waals surface area (Å²) in [7, 11) is 0. The second-order valence-electron chi connectivity index (χ2n) is 3.73. The molecule has 6 nitrogen and oxygen atoms in total. The number of carboxylic acid groups (broad SMARTS) is 1. The first-order chi connectivity index (χ1) is 8.99. The predicted molar refractivity (Wildman–Crippen MR) is 64.6 cm³/mol. The van der Waals surface area contributed by atoms with Crippen LogP contribution < -0.4 is 5.32 Å². The maximum atomic E-state index is 13.4. The van der Waals surface area contributed by atoms with Gasteiger partial charge in [-0.3, -0.25) is 4.79 Å². The third-order valence-electron chi connectivity index (χ3n) is 2.42. The molecule has 1 aliphatic rings. The van der Waals surface area contributed by atoms with Gasteiger partial charge in [-0.2, -0.15) is 0 Å². The van der Waals surface area contributed by atoms with Gasteiger partial charge in [0.25, 0.3) is 5.91 Å². The average Bonchev–Trinajstić information content (AvgIpc) is 2.83. The lowest BCUT2D eigenvalue weighted by molar-refractivity contribution is -0.129. The fourth-order valence-electron chi connectivity index (χ4n) is 1.47. The zero-order valence-electron chi connectivity index (χ0n) is 9.39. The van der Waals surface area contributed by atoms with Crippen LogP contribution in [0.1, 0.15) is 6.42 Å². The minimum atomic E-state index is -1.26. The largest absolute Gasteiger partial charge is 0.477 e. The number of carbonyl (C=O) groups is 2. The molecule has 1 aromatic carbocycles. The molecule has 0 aromatic heterocycles. The van der Waals surface area contributed by atoms with Gasteiger partial charge in [-0.1, -0.05) is 22.8 Å². The predicted octanol–water partition coefficient (Wildman–Crippen LogP) is 1.65. The van der Waals surface area contributed by atoms with E-state index in [1.54, 1.807) is 0 Å². The van der Waals surface area contributed by atoms with Crippen LogP contribution in [0, 0.1) is 5.82 Å². The number of halogens is 2. The van der Waals surface area contributed by atoms with E-state index in [0.29, 0.717) is 0 Å². The van der Waals surface area contributed by atoms with Crippen molar-refractivity contribution in [3.63, 3.8) is 0 Å². The second kappa shape index (κ2) is 5.23. The molecule has 1 aromatic rings. The van der Waals surface area contributed by atoms with Crippen molar-refractivity contribution in [2.75, 3.05) is 5.32 Å². The first-order valence-corrected chi connectivity index (χ1v) is 5.57. The molecule has 1 unspecified atom stereocenters. The highest BCUT2D eigenvalue weighted by Gasteiger charge is 2.32. The van der Waals surface area contributed by atoms with E-state index < -0.39 is 23.8 Å². The van der Waals surface area contributed by atoms with Crippen LogP contribution in [0.2, 0.25) is 5.02 Å². The van der Waals surface area contributed by atoms with E-state index in [2.05, 4.69) is 15.3 Å². The number of carbonyl (C=O) groups excluding carboxylic acids is 1. The third kappa shape index (κ3) is 2.82. The zero-order chi connectivity index (χ0) is 14.0. The van der Waals surface area contributed by atoms with Gasteiger partial charge in [0.2, 0.25) is 6.10 Å². The molecule has 0 spiro atoms. The number of carboxylic acids is 1. The number of oxime groups is 1. The van der Waals surface area contributed by atoms with Crippen molar-refractivity contribution in [1.82, 2.24) is 0 Å². The summed E-state index contributed by atoms with van der Waals surface area (Å²) in [6, 6.07) is 3.94. The van der Waals surface area contributed by atoms with Crippen molar-refractivity contribution in [1.29, 1.82) is 0 Å². The maximum Gasteiger partial charge on any atom is 0.353 e. The standard InChI is InChI=1S/C11H8ClFN2O4/c12-5-2-1-3-6(13)9(5)14-10(16)8-4-7(11(17)18)15-19-8/h1-3,8H,4H2,(H,14,16)(H,17,18). The summed E-state index contributed by atoms with van der Waals surface area (Å²) in [6.45, 7) is 0. The summed E-state index contributed by atoms with van der Waals surface area (Å²) < 4.78 is 13.4. The number of rotatable bonds is 3. The molecule has 0 saturated heterocycles. The highest BCUT2D eigenvalue weighted by Crippen LogP contribution is 2.25. The molecule has 0 bridgehead atoms. The highest BCUT2D eigenvalue weighted by atomic mass is 35.5. The van der Waals surface area contributed by atoms with Crippen molar-refractivity contribution in [3.05, 3.63) is 29.0 Å². The topological polar surface area (TPSA) is 88.0 Å². The molecule has 2 rings (SSSR count). The Bertz CT molecular complexity index is 556. The van der Waals surface area contributed by atoms with E-state index in [1.807, 2.05) is 0 Å². The van der Waals surface area contributed by atoms with Gasteiger partial charge in [-0.15, -0.1) is 0 Å². The van der Waals surface area contributed by atoms with Crippen LogP contribution >= 0.6 is 11.6 Å². The normalized spacial score (nSPS) is 17.6. The Kier molecular flexibility index (Phi) is 3.66. The molecule has 2 N–H and O–H groups in total. The number of nitrogens with one attached hydrogen (secondary N) is 1. The van der Waals surface area contributed by atoms with Gasteiger partial charge >= 0.3 is 5.97 Å². The quantitative estimate of drug-likeness (QED) is 0.884. The van der Waals surface area contributed by atoms with Crippen LogP contribution in [-0.2, 0) is 14.4 Å². The average molecular weight is 287 g/mol. The van der Waals surface area contributed by atoms with Gasteiger partial charge in [-0.05, 0) is 12.1 Å². The molecule has 1 atom stereocenters. The molecular formula is C11H8ClFN2O4. The first kappa shape index (κ1) is 13.3. The van der Waals surface area contributed by atoms with E-state index in [4.69, 9.17) is 16.7 Å². The fourth-order valence-corrected chi connectivity index (χ4v) is 1.68. The number of amides is 1. The molecule has 0 fully saturated rings. The molecule has 0 aliphatic carbocycles. The summed E-state index contributed by atoms with van der Waals surface area (Å²) in [4.78, 5) is 27.0. The van der Waals surface area contributed by atoms with Crippen molar-refractivity contribution in [2.24, 2.45) is 5.16 Å². The molecule has 0 saturated carbocycles. The Morgan fingerprint density at radius 3 is 2.84 bits per heavy atom. The number of hydrogen-bond donors (Lipinski definition) is 2. The molecular weight excluding hydrogens is 279 g/mol. The van der Waals surface area contributed by atoms with E-state index in [9.17, 15) is 14.0 Å². The van der Waals surface area contributed by atoms with Gasteiger partial charge in [0.1, 0.15) is 5.82 Å². The van der Waals surface area contributed by atoms with Crippen LogP contribution in [0.25, 0.3) is 0 Å². The molecule has 8 heteroatoms. The first-order valence-electron chi connectivity index (χ1n) is 5.20. The Labute approximate surface area is 111 Å². The van der Waals surface area contributed by atoms with Gasteiger partial charge in [0.05, 0.1) is 10.7 Å². The molecule has 1 aliphatic heterocycles. The minimum absolute atomic E-state index is 0.0331. The zero-order valence-corrected chi connectivity index (χ0v) is 10.1. The second-order valence-corrected chi connectivity index (χ2v) is 4.13. The molecule has 1 amide bonds. The lowest BCUT2D eigenvalue weighted by Gasteiger charge is -2.11. The number of hydrogen-bond acceptors (Lipinski definition) is 4.